The molecule has 1 fully saturated rings. The molecule has 1 amide bonds. The van der Waals surface area contributed by atoms with Crippen LogP contribution in [0.5, 0.6) is 0 Å². The second-order valence-corrected chi connectivity index (χ2v) is 8.43. The molecule has 3 heterocycles. The minimum atomic E-state index is -0.623. The fourth-order valence-corrected chi connectivity index (χ4v) is 3.20. The van der Waals surface area contributed by atoms with E-state index in [0.717, 1.165) is 29.7 Å². The number of nitrogens with zero attached hydrogens (tertiary/aromatic N) is 4. The maximum Gasteiger partial charge on any atom is 0.414 e. The highest BCUT2D eigenvalue weighted by Gasteiger charge is 2.30. The lowest BCUT2D eigenvalue weighted by Gasteiger charge is -2.18. The fraction of sp³-hybridized carbons (Fsp3) is 0.409. The number of amides is 1. The summed E-state index contributed by atoms with van der Waals surface area (Å²) < 4.78 is 12.0. The Morgan fingerprint density at radius 2 is 2.00 bits per heavy atom. The van der Waals surface area contributed by atoms with Crippen molar-refractivity contribution in [3.8, 4) is 11.1 Å². The van der Waals surface area contributed by atoms with Crippen LogP contribution in [-0.2, 0) is 9.47 Å². The number of anilines is 1. The normalized spacial score (nSPS) is 13.8. The van der Waals surface area contributed by atoms with Crippen molar-refractivity contribution in [3.63, 3.8) is 0 Å². The van der Waals surface area contributed by atoms with Crippen LogP contribution in [0.25, 0.3) is 16.8 Å². The van der Waals surface area contributed by atoms with Gasteiger partial charge in [0.2, 0.25) is 0 Å². The summed E-state index contributed by atoms with van der Waals surface area (Å²) in [4.78, 5) is 33.3. The molecule has 4 rings (SSSR count). The van der Waals surface area contributed by atoms with E-state index in [1.807, 2.05) is 18.2 Å². The predicted molar refractivity (Wildman–Crippen MR) is 114 cm³/mol. The minimum Gasteiger partial charge on any atom is -0.462 e. The molecule has 0 spiro atoms. The third-order valence-corrected chi connectivity index (χ3v) is 4.66. The summed E-state index contributed by atoms with van der Waals surface area (Å²) in [7, 11) is 0. The number of carbonyl (C=O) groups excluding carboxylic acids is 2. The Morgan fingerprint density at radius 3 is 2.68 bits per heavy atom. The Bertz CT molecular complexity index is 1140. The van der Waals surface area contributed by atoms with Gasteiger partial charge in [-0.1, -0.05) is 0 Å². The van der Waals surface area contributed by atoms with Crippen LogP contribution in [0.3, 0.4) is 0 Å². The van der Waals surface area contributed by atoms with Crippen molar-refractivity contribution in [2.75, 3.05) is 11.9 Å². The average molecular weight is 423 g/mol. The number of pyridine rings is 2. The molecule has 0 saturated heterocycles. The Balaban J connectivity index is 1.62. The molecule has 0 atom stereocenters. The first-order valence-electron chi connectivity index (χ1n) is 10.3. The first-order valence-corrected chi connectivity index (χ1v) is 10.3. The van der Waals surface area contributed by atoms with Gasteiger partial charge in [-0.05, 0) is 64.3 Å². The van der Waals surface area contributed by atoms with Crippen LogP contribution in [0.15, 0.2) is 30.6 Å². The first kappa shape index (κ1) is 20.8. The summed E-state index contributed by atoms with van der Waals surface area (Å²) in [6.07, 6.45) is 4.95. The highest BCUT2D eigenvalue weighted by Crippen LogP contribution is 2.41. The molecule has 162 valence electrons. The largest absolute Gasteiger partial charge is 0.462 e. The van der Waals surface area contributed by atoms with E-state index >= 15 is 0 Å². The molecule has 0 unspecified atom stereocenters. The Kier molecular flexibility index (Phi) is 5.34. The van der Waals surface area contributed by atoms with Gasteiger partial charge in [0.15, 0.2) is 5.65 Å². The van der Waals surface area contributed by atoms with E-state index in [1.165, 1.54) is 0 Å². The van der Waals surface area contributed by atoms with Gasteiger partial charge in [-0.25, -0.2) is 14.1 Å². The van der Waals surface area contributed by atoms with Crippen molar-refractivity contribution in [1.82, 2.24) is 19.6 Å². The summed E-state index contributed by atoms with van der Waals surface area (Å²) in [6, 6.07) is 5.48. The SMILES string of the molecule is CCOC(=O)c1cc(-c2ccn3nc(NC(=O)OC(C)(C)C)nc3c2)cnc1C1CC1. The van der Waals surface area contributed by atoms with Gasteiger partial charge < -0.3 is 9.47 Å². The summed E-state index contributed by atoms with van der Waals surface area (Å²) in [5, 5.41) is 6.77. The second kappa shape index (κ2) is 7.98. The van der Waals surface area contributed by atoms with E-state index in [2.05, 4.69) is 20.4 Å². The van der Waals surface area contributed by atoms with Crippen molar-refractivity contribution >= 4 is 23.7 Å². The van der Waals surface area contributed by atoms with Crippen molar-refractivity contribution in [2.24, 2.45) is 0 Å². The first-order chi connectivity index (χ1) is 14.7. The average Bonchev–Trinajstić information content (AvgIpc) is 3.46. The second-order valence-electron chi connectivity index (χ2n) is 8.43. The van der Waals surface area contributed by atoms with Gasteiger partial charge in [-0.2, -0.15) is 4.98 Å². The molecule has 0 bridgehead atoms. The summed E-state index contributed by atoms with van der Waals surface area (Å²) >= 11 is 0. The zero-order valence-electron chi connectivity index (χ0n) is 18.0. The topological polar surface area (TPSA) is 108 Å². The van der Waals surface area contributed by atoms with Crippen LogP contribution in [0.1, 0.15) is 62.5 Å². The van der Waals surface area contributed by atoms with Gasteiger partial charge in [-0.3, -0.25) is 10.3 Å². The number of aromatic nitrogens is 4. The molecule has 9 heteroatoms. The Labute approximate surface area is 179 Å². The molecule has 0 aromatic carbocycles. The molecule has 1 aliphatic carbocycles. The molecule has 3 aromatic heterocycles. The molecule has 1 N–H and O–H groups in total. The van der Waals surface area contributed by atoms with Gasteiger partial charge in [0.1, 0.15) is 5.60 Å². The van der Waals surface area contributed by atoms with E-state index < -0.39 is 11.7 Å². The zero-order valence-corrected chi connectivity index (χ0v) is 18.0. The van der Waals surface area contributed by atoms with E-state index in [0.29, 0.717) is 23.7 Å². The van der Waals surface area contributed by atoms with E-state index in [1.54, 1.807) is 44.6 Å². The summed E-state index contributed by atoms with van der Waals surface area (Å²) in [5.74, 6) is 0.112. The number of rotatable bonds is 5. The number of ether oxygens (including phenoxy) is 2. The lowest BCUT2D eigenvalue weighted by Crippen LogP contribution is -2.27. The number of hydrogen-bond acceptors (Lipinski definition) is 7. The molecule has 3 aromatic rings. The molecule has 0 aliphatic heterocycles. The van der Waals surface area contributed by atoms with Crippen LogP contribution in [0.2, 0.25) is 0 Å². The molecular weight excluding hydrogens is 398 g/mol. The Morgan fingerprint density at radius 1 is 1.23 bits per heavy atom. The number of nitrogens with one attached hydrogen (secondary N) is 1. The molecule has 0 radical (unpaired) electrons. The van der Waals surface area contributed by atoms with Crippen LogP contribution in [0, 0.1) is 0 Å². The number of fused-ring (bicyclic) bond motifs is 1. The van der Waals surface area contributed by atoms with E-state index in [9.17, 15) is 9.59 Å². The maximum atomic E-state index is 12.5. The van der Waals surface area contributed by atoms with Gasteiger partial charge in [0.05, 0.1) is 17.9 Å². The van der Waals surface area contributed by atoms with Crippen LogP contribution < -0.4 is 5.32 Å². The highest BCUT2D eigenvalue weighted by molar-refractivity contribution is 5.92. The zero-order chi connectivity index (χ0) is 22.2. The van der Waals surface area contributed by atoms with Gasteiger partial charge in [0, 0.05) is 23.9 Å². The molecular formula is C22H25N5O4. The van der Waals surface area contributed by atoms with Gasteiger partial charge in [0.25, 0.3) is 5.95 Å². The minimum absolute atomic E-state index is 0.140. The van der Waals surface area contributed by atoms with E-state index in [4.69, 9.17) is 9.47 Å². The third-order valence-electron chi connectivity index (χ3n) is 4.66. The summed E-state index contributed by atoms with van der Waals surface area (Å²) in [6.45, 7) is 7.44. The van der Waals surface area contributed by atoms with E-state index in [-0.39, 0.29) is 11.9 Å². The van der Waals surface area contributed by atoms with Gasteiger partial charge >= 0.3 is 12.1 Å². The highest BCUT2D eigenvalue weighted by atomic mass is 16.6. The standard InChI is InChI=1S/C22H25N5O4/c1-5-30-19(28)16-10-15(12-23-18(16)13-6-7-13)14-8-9-27-17(11-14)24-20(26-27)25-21(29)31-22(2,3)4/h8-13H,5-7H2,1-4H3,(H,25,26,29). The number of esters is 1. The molecule has 31 heavy (non-hydrogen) atoms. The molecule has 1 saturated carbocycles. The van der Waals surface area contributed by atoms with Crippen molar-refractivity contribution in [2.45, 2.75) is 52.1 Å². The number of hydrogen-bond donors (Lipinski definition) is 1. The van der Waals surface area contributed by atoms with Gasteiger partial charge in [-0.15, -0.1) is 5.10 Å². The Hall–Kier alpha value is -3.49. The third kappa shape index (κ3) is 4.82. The molecule has 1 aliphatic rings. The smallest absolute Gasteiger partial charge is 0.414 e. The lowest BCUT2D eigenvalue weighted by molar-refractivity contribution is 0.0523. The molecule has 9 nitrogen and oxygen atoms in total. The van der Waals surface area contributed by atoms with Crippen molar-refractivity contribution in [1.29, 1.82) is 0 Å². The van der Waals surface area contributed by atoms with Crippen LogP contribution in [-0.4, -0.2) is 43.9 Å². The van der Waals surface area contributed by atoms with Crippen LogP contribution in [0.4, 0.5) is 10.7 Å². The van der Waals surface area contributed by atoms with Crippen LogP contribution >= 0.6 is 0 Å². The van der Waals surface area contributed by atoms with Crippen molar-refractivity contribution < 1.29 is 19.1 Å². The van der Waals surface area contributed by atoms with Crippen molar-refractivity contribution in [3.05, 3.63) is 41.9 Å². The monoisotopic (exact) mass is 423 g/mol. The predicted octanol–water partition coefficient (Wildman–Crippen LogP) is 4.19. The number of carbonyl (C=O) groups is 2. The lowest BCUT2D eigenvalue weighted by atomic mass is 10.0. The fourth-order valence-electron chi connectivity index (χ4n) is 3.20. The maximum absolute atomic E-state index is 12.5. The summed E-state index contributed by atoms with van der Waals surface area (Å²) in [5.41, 5.74) is 2.83. The quantitative estimate of drug-likeness (QED) is 0.613.